The molecule has 1 aromatic heterocycles. The van der Waals surface area contributed by atoms with Crippen molar-refractivity contribution in [2.45, 2.75) is 0 Å². The van der Waals surface area contributed by atoms with Gasteiger partial charge in [-0.15, -0.1) is 0 Å². The minimum Gasteiger partial charge on any atom is -0.508 e. The van der Waals surface area contributed by atoms with E-state index in [0.717, 1.165) is 0 Å². The molecule has 0 atom stereocenters. The van der Waals surface area contributed by atoms with Gasteiger partial charge in [0.1, 0.15) is 5.75 Å². The third kappa shape index (κ3) is 4.06. The van der Waals surface area contributed by atoms with Gasteiger partial charge >= 0.3 is 78.0 Å². The fourth-order valence-electron chi connectivity index (χ4n) is 0.710. The number of rotatable bonds is 4. The van der Waals surface area contributed by atoms with Crippen LogP contribution in [0.5, 0.6) is 5.75 Å². The molecule has 0 aromatic carbocycles. The largest absolute Gasteiger partial charge is 0.508 e. The molecule has 0 spiro atoms. The van der Waals surface area contributed by atoms with Crippen molar-refractivity contribution in [3.63, 3.8) is 0 Å². The Kier molecular flexibility index (Phi) is 6.92. The van der Waals surface area contributed by atoms with Crippen molar-refractivity contribution in [1.82, 2.24) is 4.98 Å². The summed E-state index contributed by atoms with van der Waals surface area (Å²) >= 11 is -6.00. The van der Waals surface area contributed by atoms with Crippen LogP contribution in [0.4, 0.5) is 19.2 Å². The average molecular weight is 434 g/mol. The van der Waals surface area contributed by atoms with E-state index in [0.29, 0.717) is 0 Å². The molecule has 20 heavy (non-hydrogen) atoms. The van der Waals surface area contributed by atoms with Gasteiger partial charge in [0.2, 0.25) is 0 Å². The van der Waals surface area contributed by atoms with Gasteiger partial charge in [-0.2, -0.15) is 0 Å². The predicted octanol–water partition coefficient (Wildman–Crippen LogP) is 1.64. The summed E-state index contributed by atoms with van der Waals surface area (Å²) in [5, 5.41) is 41.7. The Bertz CT molecular complexity index is 468. The van der Waals surface area contributed by atoms with E-state index in [1.807, 2.05) is 0 Å². The maximum absolute atomic E-state index is 10.3. The molecule has 11 heteroatoms. The molecular formula is C9H9NO9Tb. The zero-order valence-electron chi connectivity index (χ0n) is 9.46. The van der Waals surface area contributed by atoms with Crippen LogP contribution in [-0.2, 0) is 0 Å². The van der Waals surface area contributed by atoms with Crippen LogP contribution in [0.2, 0.25) is 0 Å². The van der Waals surface area contributed by atoms with Gasteiger partial charge in [-0.25, -0.2) is 0 Å². The summed E-state index contributed by atoms with van der Waals surface area (Å²) in [4.78, 5) is 44.8. The fraction of sp³-hybridized carbons (Fsp3) is 0. The summed E-state index contributed by atoms with van der Waals surface area (Å²) in [6, 6.07) is 3.06. The summed E-state index contributed by atoms with van der Waals surface area (Å²) in [6.07, 6.45) is 3.07. The summed E-state index contributed by atoms with van der Waals surface area (Å²) in [7, 11) is 0. The molecular weight excluding hydrogens is 425 g/mol. The molecule has 113 valence electrons. The van der Waals surface area contributed by atoms with Gasteiger partial charge in [-0.3, -0.25) is 4.98 Å². The van der Waals surface area contributed by atoms with Gasteiger partial charge in [0.25, 0.3) is 0 Å². The monoisotopic (exact) mass is 434 g/mol. The molecule has 5 N–H and O–H groups in total. The number of hydrogen-bond donors (Lipinski definition) is 5. The molecule has 0 fully saturated rings. The first-order valence-electron chi connectivity index (χ1n) is 4.36. The van der Waals surface area contributed by atoms with E-state index >= 15 is 0 Å². The smallest absolute Gasteiger partial charge is 0.118 e. The first-order chi connectivity index (χ1) is 9.17. The second-order valence-corrected chi connectivity index (χ2v) is 9.51. The first-order valence-corrected chi connectivity index (χ1v) is 8.64. The molecule has 0 amide bonds. The van der Waals surface area contributed by atoms with Gasteiger partial charge < -0.3 is 5.11 Å². The summed E-state index contributed by atoms with van der Waals surface area (Å²) in [6.45, 7) is 0. The van der Waals surface area contributed by atoms with Crippen LogP contribution in [0.3, 0.4) is 0 Å². The van der Waals surface area contributed by atoms with Gasteiger partial charge in [-0.05, 0) is 12.1 Å². The van der Waals surface area contributed by atoms with E-state index < -0.39 is 38.4 Å². The summed E-state index contributed by atoms with van der Waals surface area (Å²) in [5.41, 5.74) is 0. The Morgan fingerprint density at radius 1 is 0.800 bits per heavy atom. The van der Waals surface area contributed by atoms with Crippen molar-refractivity contribution in [3.8, 4) is 5.75 Å². The Morgan fingerprint density at radius 2 is 1.10 bits per heavy atom. The third-order valence-electron chi connectivity index (χ3n) is 1.52. The maximum Gasteiger partial charge on any atom is 0.118 e. The second-order valence-electron chi connectivity index (χ2n) is 2.64. The second kappa shape index (κ2) is 7.64. The van der Waals surface area contributed by atoms with Crippen molar-refractivity contribution in [3.05, 3.63) is 24.5 Å². The topological polar surface area (TPSA) is 182 Å². The molecule has 1 aromatic rings. The van der Waals surface area contributed by atoms with E-state index in [1.165, 1.54) is 24.5 Å². The number of aromatic hydroxyl groups is 1. The minimum absolute atomic E-state index is 0.259. The Labute approximate surface area is 118 Å². The number of carboxylic acid groups (broad SMARTS) is 4. The van der Waals surface area contributed by atoms with Crippen molar-refractivity contribution < 1.29 is 75.4 Å². The maximum atomic E-state index is 10.3. The average Bonchev–Trinajstić information content (AvgIpc) is 2.28. The quantitative estimate of drug-likeness (QED) is 0.467. The molecule has 0 saturated heterocycles. The third-order valence-corrected chi connectivity index (χ3v) is 7.01. The summed E-state index contributed by atoms with van der Waals surface area (Å²) in [5.74, 6) is 0.259. The molecule has 1 rings (SSSR count). The molecule has 0 bridgehead atoms. The molecule has 0 aliphatic heterocycles. The molecule has 1 heterocycles. The molecule has 0 aliphatic rings. The standard InChI is InChI=1S/C5H5NO.4CHO2.Tb/c7-5-1-3-6-4-2-5;4*2-1-3;/h1-4H,(H,6,7);4*(H,2,3);. The van der Waals surface area contributed by atoms with Crippen LogP contribution in [0.15, 0.2) is 24.5 Å². The first kappa shape index (κ1) is 18.1. The van der Waals surface area contributed by atoms with Gasteiger partial charge in [-0.1, -0.05) is 0 Å². The van der Waals surface area contributed by atoms with E-state index in [2.05, 4.69) is 4.98 Å². The Morgan fingerprint density at radius 3 is 1.20 bits per heavy atom. The Balaban J connectivity index is 0.000000428. The summed E-state index contributed by atoms with van der Waals surface area (Å²) < 4.78 is -9.08. The van der Waals surface area contributed by atoms with Crippen molar-refractivity contribution in [2.75, 3.05) is 0 Å². The van der Waals surface area contributed by atoms with Crippen LogP contribution >= 0.6 is 0 Å². The number of carbonyl (C=O) groups is 4. The molecule has 0 saturated carbocycles. The van der Waals surface area contributed by atoms with Crippen molar-refractivity contribution in [1.29, 1.82) is 0 Å². The van der Waals surface area contributed by atoms with Gasteiger partial charge in [0.05, 0.1) is 0 Å². The van der Waals surface area contributed by atoms with Gasteiger partial charge in [0.15, 0.2) is 0 Å². The molecule has 10 nitrogen and oxygen atoms in total. The van der Waals surface area contributed by atoms with E-state index in [-0.39, 0.29) is 5.75 Å². The number of aromatic nitrogens is 1. The predicted molar refractivity (Wildman–Crippen MR) is 58.0 cm³/mol. The van der Waals surface area contributed by atoms with Crippen LogP contribution in [0.1, 0.15) is 0 Å². The molecule has 0 radical (unpaired) electrons. The van der Waals surface area contributed by atoms with E-state index in [1.54, 1.807) is 0 Å². The molecule has 0 aliphatic carbocycles. The van der Waals surface area contributed by atoms with Gasteiger partial charge in [0, 0.05) is 12.4 Å². The normalized spacial score (nSPS) is 10.6. The van der Waals surface area contributed by atoms with Crippen molar-refractivity contribution in [2.24, 2.45) is 0 Å². The number of hydrogen-bond acceptors (Lipinski definition) is 6. The van der Waals surface area contributed by atoms with Crippen molar-refractivity contribution >= 4 is 7.76 Å². The zero-order valence-corrected chi connectivity index (χ0v) is 11.6. The van der Waals surface area contributed by atoms with Crippen LogP contribution in [0.25, 0.3) is 0 Å². The fourth-order valence-corrected chi connectivity index (χ4v) is 3.06. The van der Waals surface area contributed by atoms with E-state index in [9.17, 15) is 19.2 Å². The molecule has 0 unspecified atom stereocenters. The number of pyridine rings is 1. The zero-order chi connectivity index (χ0) is 15.9. The van der Waals surface area contributed by atoms with Crippen LogP contribution in [-0.4, -0.2) is 38.3 Å². The minimum atomic E-state index is -6.00. The van der Waals surface area contributed by atoms with Crippen LogP contribution in [0, 0.1) is 30.7 Å². The number of nitrogens with zero attached hydrogens (tertiary/aromatic N) is 1. The Hall–Kier alpha value is -1.88. The SMILES string of the molecule is O=[C](O)[Tb]([C](=O)O)([C](=O)O)[C](=O)O.Oc1ccncc1. The van der Waals surface area contributed by atoms with Crippen LogP contribution < -0.4 is 0 Å². The van der Waals surface area contributed by atoms with E-state index in [4.69, 9.17) is 25.5 Å².